The van der Waals surface area contributed by atoms with Crippen LogP contribution < -0.4 is 10.2 Å². The van der Waals surface area contributed by atoms with Crippen LogP contribution in [0.25, 0.3) is 5.78 Å². The molecule has 30 heavy (non-hydrogen) atoms. The number of halogens is 1. The molecule has 0 spiro atoms. The zero-order valence-corrected chi connectivity index (χ0v) is 17.9. The van der Waals surface area contributed by atoms with E-state index in [1.807, 2.05) is 12.1 Å². The minimum Gasteiger partial charge on any atom is -0.425 e. The molecule has 1 aromatic carbocycles. The van der Waals surface area contributed by atoms with Crippen molar-refractivity contribution in [1.29, 1.82) is 0 Å². The molecule has 1 fully saturated rings. The second kappa shape index (κ2) is 8.41. The van der Waals surface area contributed by atoms with Crippen LogP contribution >= 0.6 is 15.9 Å². The average Bonchev–Trinajstić information content (AvgIpc) is 3.35. The van der Waals surface area contributed by atoms with Crippen molar-refractivity contribution in [3.05, 3.63) is 59.1 Å². The van der Waals surface area contributed by atoms with Crippen molar-refractivity contribution < 1.29 is 4.42 Å². The molecule has 4 aromatic rings. The van der Waals surface area contributed by atoms with Gasteiger partial charge in [0.15, 0.2) is 5.88 Å². The number of benzene rings is 1. The Balaban J connectivity index is 1.23. The van der Waals surface area contributed by atoms with Crippen LogP contribution in [0.3, 0.4) is 0 Å². The van der Waals surface area contributed by atoms with Gasteiger partial charge in [-0.05, 0) is 24.1 Å². The maximum atomic E-state index is 6.05. The van der Waals surface area contributed by atoms with Crippen LogP contribution in [0.5, 0.6) is 0 Å². The predicted octanol–water partition coefficient (Wildman–Crippen LogP) is 3.33. The minimum atomic E-state index is 0.484. The maximum absolute atomic E-state index is 6.05. The number of aromatic nitrogens is 5. The van der Waals surface area contributed by atoms with Crippen molar-refractivity contribution in [2.45, 2.75) is 13.0 Å². The highest BCUT2D eigenvalue weighted by Gasteiger charge is 2.18. The van der Waals surface area contributed by atoms with Gasteiger partial charge in [0.1, 0.15) is 12.7 Å². The van der Waals surface area contributed by atoms with Crippen LogP contribution in [0.1, 0.15) is 12.0 Å². The molecule has 0 bridgehead atoms. The highest BCUT2D eigenvalue weighted by Crippen LogP contribution is 2.25. The molecule has 0 atom stereocenters. The first-order chi connectivity index (χ1) is 14.7. The fourth-order valence-electron chi connectivity index (χ4n) is 3.67. The Bertz CT molecular complexity index is 1140. The number of nitrogens with one attached hydrogen (secondary N) is 1. The standard InChI is InChI=1S/C20H21BrN8O/c21-16-4-1-3-15(11-16)12-27-7-2-8-28(10-9-27)18-6-5-17(30-18)26-20-23-13-22-19-24-14-25-29(19)20/h1,3-6,11,13-14H,2,7-10,12H2,(H,22,23,24,25,26). The van der Waals surface area contributed by atoms with Gasteiger partial charge in [-0.1, -0.05) is 28.1 Å². The molecule has 9 nitrogen and oxygen atoms in total. The Morgan fingerprint density at radius 3 is 2.87 bits per heavy atom. The van der Waals surface area contributed by atoms with Crippen molar-refractivity contribution in [2.24, 2.45) is 0 Å². The molecule has 4 heterocycles. The zero-order valence-electron chi connectivity index (χ0n) is 16.3. The summed E-state index contributed by atoms with van der Waals surface area (Å²) in [6, 6.07) is 12.4. The van der Waals surface area contributed by atoms with Gasteiger partial charge in [0.25, 0.3) is 5.78 Å². The lowest BCUT2D eigenvalue weighted by molar-refractivity contribution is 0.285. The number of fused-ring (bicyclic) bond motifs is 1. The SMILES string of the molecule is Brc1cccc(CN2CCCN(c3ccc(Nc4ncnc5ncnn45)o3)CC2)c1. The average molecular weight is 469 g/mol. The molecule has 0 amide bonds. The summed E-state index contributed by atoms with van der Waals surface area (Å²) in [4.78, 5) is 17.1. The Morgan fingerprint density at radius 1 is 1.00 bits per heavy atom. The minimum absolute atomic E-state index is 0.484. The summed E-state index contributed by atoms with van der Waals surface area (Å²) in [5, 5.41) is 7.29. The predicted molar refractivity (Wildman–Crippen MR) is 117 cm³/mol. The number of hydrogen-bond donors (Lipinski definition) is 1. The van der Waals surface area contributed by atoms with Gasteiger partial charge < -0.3 is 9.32 Å². The molecule has 154 valence electrons. The first-order valence-electron chi connectivity index (χ1n) is 9.84. The molecule has 1 saturated heterocycles. The lowest BCUT2D eigenvalue weighted by atomic mass is 10.2. The smallest absolute Gasteiger partial charge is 0.256 e. The lowest BCUT2D eigenvalue weighted by Gasteiger charge is -2.21. The van der Waals surface area contributed by atoms with Gasteiger partial charge in [0.2, 0.25) is 11.8 Å². The molecule has 10 heteroatoms. The molecule has 1 N–H and O–H groups in total. The molecule has 1 aliphatic rings. The van der Waals surface area contributed by atoms with E-state index >= 15 is 0 Å². The summed E-state index contributed by atoms with van der Waals surface area (Å²) in [6.45, 7) is 4.89. The maximum Gasteiger partial charge on any atom is 0.256 e. The molecule has 0 saturated carbocycles. The van der Waals surface area contributed by atoms with Gasteiger partial charge >= 0.3 is 0 Å². The van der Waals surface area contributed by atoms with E-state index in [4.69, 9.17) is 4.42 Å². The Hall–Kier alpha value is -2.98. The van der Waals surface area contributed by atoms with Crippen LogP contribution in [0.15, 0.2) is 57.9 Å². The Labute approximate surface area is 181 Å². The molecular formula is C20H21BrN8O. The highest BCUT2D eigenvalue weighted by atomic mass is 79.9. The van der Waals surface area contributed by atoms with Gasteiger partial charge in [-0.25, -0.2) is 4.98 Å². The van der Waals surface area contributed by atoms with Gasteiger partial charge in [-0.15, -0.1) is 0 Å². The largest absolute Gasteiger partial charge is 0.425 e. The lowest BCUT2D eigenvalue weighted by Crippen LogP contribution is -2.30. The monoisotopic (exact) mass is 468 g/mol. The van der Waals surface area contributed by atoms with Crippen molar-refractivity contribution in [3.63, 3.8) is 0 Å². The molecule has 5 rings (SSSR count). The number of furan rings is 1. The first kappa shape index (κ1) is 19.0. The molecule has 0 aliphatic carbocycles. The molecule has 0 radical (unpaired) electrons. The van der Waals surface area contributed by atoms with E-state index in [1.54, 1.807) is 0 Å². The van der Waals surface area contributed by atoms with Gasteiger partial charge in [0.05, 0.1) is 0 Å². The van der Waals surface area contributed by atoms with E-state index in [0.29, 0.717) is 17.6 Å². The third kappa shape index (κ3) is 4.14. The topological polar surface area (TPSA) is 87.6 Å². The van der Waals surface area contributed by atoms with Crippen LogP contribution in [-0.4, -0.2) is 55.6 Å². The zero-order chi connectivity index (χ0) is 20.3. The summed E-state index contributed by atoms with van der Waals surface area (Å²) in [5.74, 6) is 2.45. The van der Waals surface area contributed by atoms with Crippen LogP contribution in [0.4, 0.5) is 17.7 Å². The van der Waals surface area contributed by atoms with Crippen LogP contribution in [-0.2, 0) is 6.54 Å². The molecule has 3 aromatic heterocycles. The third-order valence-corrected chi connectivity index (χ3v) is 5.60. The summed E-state index contributed by atoms with van der Waals surface area (Å²) in [5.41, 5.74) is 1.33. The second-order valence-electron chi connectivity index (χ2n) is 7.18. The number of rotatable bonds is 5. The van der Waals surface area contributed by atoms with Crippen LogP contribution in [0.2, 0.25) is 0 Å². The fraction of sp³-hybridized carbons (Fsp3) is 0.300. The normalized spacial score (nSPS) is 15.4. The quantitative estimate of drug-likeness (QED) is 0.477. The number of hydrogen-bond acceptors (Lipinski definition) is 8. The summed E-state index contributed by atoms with van der Waals surface area (Å²) < 4.78 is 8.71. The van der Waals surface area contributed by atoms with Crippen LogP contribution in [0, 0.1) is 0 Å². The van der Waals surface area contributed by atoms with E-state index in [9.17, 15) is 0 Å². The van der Waals surface area contributed by atoms with Gasteiger partial charge in [0, 0.05) is 49.3 Å². The van der Waals surface area contributed by atoms with Crippen molar-refractivity contribution in [2.75, 3.05) is 36.4 Å². The van der Waals surface area contributed by atoms with E-state index in [1.165, 1.54) is 22.7 Å². The highest BCUT2D eigenvalue weighted by molar-refractivity contribution is 9.10. The van der Waals surface area contributed by atoms with Crippen molar-refractivity contribution in [3.8, 4) is 0 Å². The van der Waals surface area contributed by atoms with Crippen molar-refractivity contribution in [1.82, 2.24) is 29.5 Å². The summed E-state index contributed by atoms with van der Waals surface area (Å²) >= 11 is 3.56. The van der Waals surface area contributed by atoms with Gasteiger partial charge in [-0.2, -0.15) is 19.6 Å². The first-order valence-corrected chi connectivity index (χ1v) is 10.6. The molecular weight excluding hydrogens is 448 g/mol. The van der Waals surface area contributed by atoms with E-state index in [-0.39, 0.29) is 0 Å². The fourth-order valence-corrected chi connectivity index (χ4v) is 4.11. The number of nitrogens with zero attached hydrogens (tertiary/aromatic N) is 7. The molecule has 0 unspecified atom stereocenters. The van der Waals surface area contributed by atoms with E-state index < -0.39 is 0 Å². The van der Waals surface area contributed by atoms with Crippen molar-refractivity contribution >= 4 is 39.4 Å². The Kier molecular flexibility index (Phi) is 5.33. The second-order valence-corrected chi connectivity index (χ2v) is 8.09. The number of anilines is 3. The van der Waals surface area contributed by atoms with E-state index in [0.717, 1.165) is 49.5 Å². The Morgan fingerprint density at radius 2 is 1.93 bits per heavy atom. The third-order valence-electron chi connectivity index (χ3n) is 5.11. The summed E-state index contributed by atoms with van der Waals surface area (Å²) in [6.07, 6.45) is 3.98. The van der Waals surface area contributed by atoms with E-state index in [2.05, 4.69) is 75.4 Å². The molecule has 1 aliphatic heterocycles. The van der Waals surface area contributed by atoms with Gasteiger partial charge in [-0.3, -0.25) is 10.2 Å². The summed E-state index contributed by atoms with van der Waals surface area (Å²) in [7, 11) is 0.